The highest BCUT2D eigenvalue weighted by Crippen LogP contribution is 2.12. The highest BCUT2D eigenvalue weighted by Gasteiger charge is 2.08. The summed E-state index contributed by atoms with van der Waals surface area (Å²) in [5.41, 5.74) is 3.28. The molecule has 0 aromatic heterocycles. The highest BCUT2D eigenvalue weighted by molar-refractivity contribution is 5.55. The van der Waals surface area contributed by atoms with Crippen LogP contribution >= 0.6 is 0 Å². The molecule has 0 saturated heterocycles. The molecule has 0 aliphatic rings. The minimum absolute atomic E-state index is 0.128. The lowest BCUT2D eigenvalue weighted by molar-refractivity contribution is 0.443. The zero-order valence-corrected chi connectivity index (χ0v) is 11.7. The van der Waals surface area contributed by atoms with Crippen LogP contribution in [0.15, 0.2) is 29.8 Å². The molecule has 0 fully saturated rings. The summed E-state index contributed by atoms with van der Waals surface area (Å²) in [4.78, 5) is 0. The van der Waals surface area contributed by atoms with Crippen molar-refractivity contribution in [2.45, 2.75) is 39.7 Å². The van der Waals surface area contributed by atoms with Crippen LogP contribution in [-0.2, 0) is 0 Å². The zero-order chi connectivity index (χ0) is 13.6. The summed E-state index contributed by atoms with van der Waals surface area (Å²) in [5.74, 6) is 0. The first-order valence-electron chi connectivity index (χ1n) is 6.39. The van der Waals surface area contributed by atoms with E-state index in [-0.39, 0.29) is 5.54 Å². The number of nitrogens with zero attached hydrogens (tertiary/aromatic N) is 1. The fourth-order valence-corrected chi connectivity index (χ4v) is 1.59. The molecule has 0 saturated carbocycles. The number of hydrogen-bond donors (Lipinski definition) is 1. The first-order valence-corrected chi connectivity index (χ1v) is 6.39. The monoisotopic (exact) mass is 242 g/mol. The maximum Gasteiger partial charge on any atom is 0.0991 e. The second-order valence-electron chi connectivity index (χ2n) is 5.50. The molecule has 1 aromatic carbocycles. The summed E-state index contributed by atoms with van der Waals surface area (Å²) in [6.07, 6.45) is 3.18. The van der Waals surface area contributed by atoms with E-state index in [1.807, 2.05) is 24.3 Å². The average Bonchev–Trinajstić information content (AvgIpc) is 2.33. The molecule has 1 N–H and O–H groups in total. The predicted molar refractivity (Wildman–Crippen MR) is 77.2 cm³/mol. The fourth-order valence-electron chi connectivity index (χ4n) is 1.59. The second kappa shape index (κ2) is 6.37. The quantitative estimate of drug-likeness (QED) is 0.873. The largest absolute Gasteiger partial charge is 0.308 e. The molecular formula is C16H22N2. The van der Waals surface area contributed by atoms with Gasteiger partial charge in [0.05, 0.1) is 11.6 Å². The highest BCUT2D eigenvalue weighted by atomic mass is 14.9. The molecule has 1 aromatic rings. The Kier molecular flexibility index (Phi) is 5.12. The van der Waals surface area contributed by atoms with E-state index in [1.54, 1.807) is 0 Å². The van der Waals surface area contributed by atoms with E-state index in [0.29, 0.717) is 5.56 Å². The third kappa shape index (κ3) is 5.16. The maximum atomic E-state index is 8.88. The van der Waals surface area contributed by atoms with E-state index < -0.39 is 0 Å². The standard InChI is InChI=1S/C16H22N2/c1-5-13(12-18-16(2,3)4)9-14-7-6-8-15(10-14)11-17/h6-10,18H,5,12H2,1-4H3. The number of rotatable bonds is 4. The van der Waals surface area contributed by atoms with Crippen LogP contribution in [0.5, 0.6) is 0 Å². The fraction of sp³-hybridized carbons (Fsp3) is 0.438. The van der Waals surface area contributed by atoms with Crippen molar-refractivity contribution in [3.05, 3.63) is 41.0 Å². The van der Waals surface area contributed by atoms with Crippen LogP contribution in [0.1, 0.15) is 45.2 Å². The lowest BCUT2D eigenvalue weighted by Crippen LogP contribution is -2.36. The molecule has 0 unspecified atom stereocenters. The summed E-state index contributed by atoms with van der Waals surface area (Å²) in [5, 5.41) is 12.4. The van der Waals surface area contributed by atoms with Gasteiger partial charge in [0.1, 0.15) is 0 Å². The molecule has 96 valence electrons. The minimum Gasteiger partial charge on any atom is -0.308 e. The molecule has 0 amide bonds. The van der Waals surface area contributed by atoms with Crippen molar-refractivity contribution in [2.75, 3.05) is 6.54 Å². The summed E-state index contributed by atoms with van der Waals surface area (Å²) >= 11 is 0. The third-order valence-corrected chi connectivity index (χ3v) is 2.69. The van der Waals surface area contributed by atoms with Gasteiger partial charge in [-0.15, -0.1) is 0 Å². The SMILES string of the molecule is CCC(=Cc1cccc(C#N)c1)CNC(C)(C)C. The molecular weight excluding hydrogens is 220 g/mol. The van der Waals surface area contributed by atoms with Gasteiger partial charge in [-0.3, -0.25) is 0 Å². The van der Waals surface area contributed by atoms with E-state index in [0.717, 1.165) is 18.5 Å². The number of nitrogens with one attached hydrogen (secondary N) is 1. The molecule has 0 aliphatic heterocycles. The smallest absolute Gasteiger partial charge is 0.0991 e. The van der Waals surface area contributed by atoms with E-state index in [2.05, 4.69) is 45.2 Å². The molecule has 0 aliphatic carbocycles. The topological polar surface area (TPSA) is 35.8 Å². The van der Waals surface area contributed by atoms with Gasteiger partial charge in [0.15, 0.2) is 0 Å². The van der Waals surface area contributed by atoms with Crippen LogP contribution in [0.25, 0.3) is 6.08 Å². The molecule has 2 nitrogen and oxygen atoms in total. The van der Waals surface area contributed by atoms with Gasteiger partial charge < -0.3 is 5.32 Å². The summed E-state index contributed by atoms with van der Waals surface area (Å²) < 4.78 is 0. The van der Waals surface area contributed by atoms with Crippen molar-refractivity contribution >= 4 is 6.08 Å². The molecule has 0 spiro atoms. The molecule has 18 heavy (non-hydrogen) atoms. The predicted octanol–water partition coefficient (Wildman–Crippen LogP) is 3.74. The van der Waals surface area contributed by atoms with E-state index in [1.165, 1.54) is 5.57 Å². The first-order chi connectivity index (χ1) is 8.44. The van der Waals surface area contributed by atoms with Crippen molar-refractivity contribution in [1.29, 1.82) is 5.26 Å². The lowest BCUT2D eigenvalue weighted by atomic mass is 10.0. The summed E-state index contributed by atoms with van der Waals surface area (Å²) in [7, 11) is 0. The van der Waals surface area contributed by atoms with Crippen molar-refractivity contribution < 1.29 is 0 Å². The molecule has 2 heteroatoms. The van der Waals surface area contributed by atoms with Crippen LogP contribution in [-0.4, -0.2) is 12.1 Å². The lowest BCUT2D eigenvalue weighted by Gasteiger charge is -2.21. The Morgan fingerprint density at radius 1 is 1.39 bits per heavy atom. The van der Waals surface area contributed by atoms with Gasteiger partial charge in [0, 0.05) is 12.1 Å². The molecule has 1 rings (SSSR count). The Bertz CT molecular complexity index is 459. The van der Waals surface area contributed by atoms with Gasteiger partial charge in [-0.2, -0.15) is 5.26 Å². The van der Waals surface area contributed by atoms with Crippen molar-refractivity contribution in [3.8, 4) is 6.07 Å². The Balaban J connectivity index is 2.81. The van der Waals surface area contributed by atoms with Gasteiger partial charge in [-0.1, -0.05) is 30.7 Å². The van der Waals surface area contributed by atoms with Crippen LogP contribution in [0, 0.1) is 11.3 Å². The molecule has 0 bridgehead atoms. The normalized spacial score (nSPS) is 12.3. The number of nitriles is 1. The second-order valence-corrected chi connectivity index (χ2v) is 5.50. The van der Waals surface area contributed by atoms with Gasteiger partial charge in [0.2, 0.25) is 0 Å². The molecule has 0 atom stereocenters. The van der Waals surface area contributed by atoms with E-state index in [4.69, 9.17) is 5.26 Å². The van der Waals surface area contributed by atoms with E-state index >= 15 is 0 Å². The van der Waals surface area contributed by atoms with Crippen LogP contribution in [0.2, 0.25) is 0 Å². The summed E-state index contributed by atoms with van der Waals surface area (Å²) in [6.45, 7) is 9.53. The molecule has 0 heterocycles. The van der Waals surface area contributed by atoms with Crippen LogP contribution in [0.4, 0.5) is 0 Å². The van der Waals surface area contributed by atoms with Gasteiger partial charge in [-0.05, 0) is 44.9 Å². The Morgan fingerprint density at radius 3 is 2.67 bits per heavy atom. The van der Waals surface area contributed by atoms with Crippen LogP contribution in [0.3, 0.4) is 0 Å². The minimum atomic E-state index is 0.128. The zero-order valence-electron chi connectivity index (χ0n) is 11.7. The van der Waals surface area contributed by atoms with Crippen molar-refractivity contribution in [1.82, 2.24) is 5.32 Å². The Morgan fingerprint density at radius 2 is 2.11 bits per heavy atom. The van der Waals surface area contributed by atoms with E-state index in [9.17, 15) is 0 Å². The molecule has 0 radical (unpaired) electrons. The van der Waals surface area contributed by atoms with Crippen LogP contribution < -0.4 is 5.32 Å². The third-order valence-electron chi connectivity index (χ3n) is 2.69. The number of benzene rings is 1. The Labute approximate surface area is 110 Å². The summed E-state index contributed by atoms with van der Waals surface area (Å²) in [6, 6.07) is 9.88. The van der Waals surface area contributed by atoms with Gasteiger partial charge in [-0.25, -0.2) is 0 Å². The van der Waals surface area contributed by atoms with Gasteiger partial charge in [0.25, 0.3) is 0 Å². The van der Waals surface area contributed by atoms with Crippen molar-refractivity contribution in [3.63, 3.8) is 0 Å². The first kappa shape index (κ1) is 14.5. The Hall–Kier alpha value is -1.59. The average molecular weight is 242 g/mol. The van der Waals surface area contributed by atoms with Crippen molar-refractivity contribution in [2.24, 2.45) is 0 Å². The maximum absolute atomic E-state index is 8.88. The number of hydrogen-bond acceptors (Lipinski definition) is 2. The van der Waals surface area contributed by atoms with Gasteiger partial charge >= 0.3 is 0 Å².